The first-order valence-corrected chi connectivity index (χ1v) is 2.71. The average molecular weight is 126 g/mol. The van der Waals surface area contributed by atoms with Gasteiger partial charge >= 0.3 is 0 Å². The van der Waals surface area contributed by atoms with E-state index in [1.165, 1.54) is 17.7 Å². The van der Waals surface area contributed by atoms with Gasteiger partial charge in [-0.3, -0.25) is 0 Å². The molecule has 0 aliphatic heterocycles. The fourth-order valence-corrected chi connectivity index (χ4v) is 0.746. The number of hydrogen-bond donors (Lipinski definition) is 0. The highest BCUT2D eigenvalue weighted by Crippen LogP contribution is 2.11. The second-order valence-corrected chi connectivity index (χ2v) is 1.73. The SMILES string of the molecule is [N-]=[N+]=Nc1cnsc1. The monoisotopic (exact) mass is 126 g/mol. The first-order chi connectivity index (χ1) is 3.93. The van der Waals surface area contributed by atoms with Gasteiger partial charge in [0.25, 0.3) is 0 Å². The Balaban J connectivity index is 2.93. The van der Waals surface area contributed by atoms with Gasteiger partial charge in [0, 0.05) is 10.3 Å². The van der Waals surface area contributed by atoms with Gasteiger partial charge in [-0.15, -0.1) is 0 Å². The van der Waals surface area contributed by atoms with Gasteiger partial charge in [-0.25, -0.2) is 4.37 Å². The maximum absolute atomic E-state index is 7.87. The molecule has 0 unspecified atom stereocenters. The highest BCUT2D eigenvalue weighted by molar-refractivity contribution is 7.03. The standard InChI is InChI=1S/C3H2N4S/c4-7-6-3-1-5-8-2-3/h1-2H. The largest absolute Gasteiger partial charge is 0.201 e. The molecule has 0 aliphatic carbocycles. The summed E-state index contributed by atoms with van der Waals surface area (Å²) >= 11 is 1.26. The Hall–Kier alpha value is -1.06. The molecule has 8 heavy (non-hydrogen) atoms. The van der Waals surface area contributed by atoms with Crippen LogP contribution in [0, 0.1) is 0 Å². The summed E-state index contributed by atoms with van der Waals surface area (Å²) in [6.45, 7) is 0. The van der Waals surface area contributed by atoms with Crippen LogP contribution in [-0.4, -0.2) is 4.37 Å². The maximum Gasteiger partial charge on any atom is 0.0683 e. The normalized spacial score (nSPS) is 8.00. The van der Waals surface area contributed by atoms with Crippen molar-refractivity contribution in [1.29, 1.82) is 0 Å². The number of nitrogens with zero attached hydrogens (tertiary/aromatic N) is 4. The van der Waals surface area contributed by atoms with Crippen LogP contribution in [0.4, 0.5) is 5.69 Å². The van der Waals surface area contributed by atoms with Gasteiger partial charge in [0.2, 0.25) is 0 Å². The molecular weight excluding hydrogens is 124 g/mol. The predicted octanol–water partition coefficient (Wildman–Crippen LogP) is 2.08. The Morgan fingerprint density at radius 3 is 3.25 bits per heavy atom. The van der Waals surface area contributed by atoms with Gasteiger partial charge in [0.05, 0.1) is 11.9 Å². The van der Waals surface area contributed by atoms with Gasteiger partial charge in [-0.05, 0) is 17.1 Å². The zero-order valence-electron chi connectivity index (χ0n) is 3.85. The van der Waals surface area contributed by atoms with E-state index in [9.17, 15) is 0 Å². The lowest BCUT2D eigenvalue weighted by Crippen LogP contribution is -1.43. The number of rotatable bonds is 1. The highest BCUT2D eigenvalue weighted by atomic mass is 32.1. The van der Waals surface area contributed by atoms with Gasteiger partial charge in [-0.2, -0.15) is 0 Å². The minimum Gasteiger partial charge on any atom is -0.201 e. The van der Waals surface area contributed by atoms with Crippen LogP contribution in [0.15, 0.2) is 16.7 Å². The molecule has 0 aromatic carbocycles. The Bertz CT molecular complexity index is 197. The van der Waals surface area contributed by atoms with Crippen molar-refractivity contribution in [3.63, 3.8) is 0 Å². The Morgan fingerprint density at radius 1 is 1.88 bits per heavy atom. The molecule has 0 aliphatic rings. The summed E-state index contributed by atoms with van der Waals surface area (Å²) in [4.78, 5) is 2.57. The quantitative estimate of drug-likeness (QED) is 0.323. The molecule has 0 amide bonds. The lowest BCUT2D eigenvalue weighted by Gasteiger charge is -1.67. The minimum atomic E-state index is 0.581. The lowest BCUT2D eigenvalue weighted by atomic mass is 10.6. The van der Waals surface area contributed by atoms with Crippen LogP contribution < -0.4 is 0 Å². The Kier molecular flexibility index (Phi) is 1.46. The molecular formula is C3H2N4S. The first-order valence-electron chi connectivity index (χ1n) is 1.88. The van der Waals surface area contributed by atoms with E-state index in [1.807, 2.05) is 0 Å². The summed E-state index contributed by atoms with van der Waals surface area (Å²) in [5, 5.41) is 4.98. The molecule has 0 atom stereocenters. The topological polar surface area (TPSA) is 61.7 Å². The third-order valence-corrected chi connectivity index (χ3v) is 1.15. The molecule has 1 aromatic heterocycles. The Morgan fingerprint density at radius 2 is 2.75 bits per heavy atom. The maximum atomic E-state index is 7.87. The first kappa shape index (κ1) is 5.08. The number of aromatic nitrogens is 1. The molecule has 1 heterocycles. The van der Waals surface area contributed by atoms with Crippen molar-refractivity contribution in [3.05, 3.63) is 22.0 Å². The molecule has 0 N–H and O–H groups in total. The van der Waals surface area contributed by atoms with E-state index >= 15 is 0 Å². The van der Waals surface area contributed by atoms with Crippen molar-refractivity contribution in [2.45, 2.75) is 0 Å². The lowest BCUT2D eigenvalue weighted by molar-refractivity contribution is 1.46. The fourth-order valence-electron chi connectivity index (χ4n) is 0.300. The van der Waals surface area contributed by atoms with E-state index in [0.717, 1.165) is 0 Å². The van der Waals surface area contributed by atoms with Crippen molar-refractivity contribution in [1.82, 2.24) is 4.37 Å². The summed E-state index contributed by atoms with van der Waals surface area (Å²) in [5.74, 6) is 0. The van der Waals surface area contributed by atoms with Crippen molar-refractivity contribution in [2.24, 2.45) is 5.11 Å². The van der Waals surface area contributed by atoms with Crippen LogP contribution >= 0.6 is 11.5 Å². The summed E-state index contributed by atoms with van der Waals surface area (Å²) in [6, 6.07) is 0. The summed E-state index contributed by atoms with van der Waals surface area (Å²) in [6.07, 6.45) is 1.52. The second kappa shape index (κ2) is 2.30. The highest BCUT2D eigenvalue weighted by Gasteiger charge is 1.83. The van der Waals surface area contributed by atoms with Crippen molar-refractivity contribution >= 4 is 17.2 Å². The smallest absolute Gasteiger partial charge is 0.0683 e. The van der Waals surface area contributed by atoms with E-state index in [4.69, 9.17) is 5.53 Å². The van der Waals surface area contributed by atoms with E-state index in [2.05, 4.69) is 14.4 Å². The molecule has 0 saturated carbocycles. The molecule has 1 aromatic rings. The fraction of sp³-hybridized carbons (Fsp3) is 0. The molecule has 0 bridgehead atoms. The third-order valence-electron chi connectivity index (χ3n) is 0.579. The molecule has 5 heteroatoms. The van der Waals surface area contributed by atoms with Crippen LogP contribution in [0.3, 0.4) is 0 Å². The van der Waals surface area contributed by atoms with Gasteiger partial charge in [0.15, 0.2) is 0 Å². The summed E-state index contributed by atoms with van der Waals surface area (Å²) in [7, 11) is 0. The van der Waals surface area contributed by atoms with E-state index in [1.54, 1.807) is 5.38 Å². The average Bonchev–Trinajstić information content (AvgIpc) is 2.19. The van der Waals surface area contributed by atoms with E-state index < -0.39 is 0 Å². The Labute approximate surface area is 49.6 Å². The molecule has 0 radical (unpaired) electrons. The summed E-state index contributed by atoms with van der Waals surface area (Å²) < 4.78 is 3.72. The van der Waals surface area contributed by atoms with Crippen molar-refractivity contribution < 1.29 is 0 Å². The molecule has 1 rings (SSSR count). The van der Waals surface area contributed by atoms with Gasteiger partial charge in [0.1, 0.15) is 0 Å². The number of hydrogen-bond acceptors (Lipinski definition) is 3. The summed E-state index contributed by atoms with van der Waals surface area (Å²) in [5.41, 5.74) is 8.45. The molecule has 40 valence electrons. The minimum absolute atomic E-state index is 0.581. The molecule has 0 saturated heterocycles. The van der Waals surface area contributed by atoms with Gasteiger partial charge in [-0.1, -0.05) is 5.11 Å². The molecule has 0 spiro atoms. The number of azide groups is 1. The van der Waals surface area contributed by atoms with Crippen LogP contribution in [0.1, 0.15) is 0 Å². The predicted molar refractivity (Wildman–Crippen MR) is 30.9 cm³/mol. The van der Waals surface area contributed by atoms with E-state index in [0.29, 0.717) is 5.69 Å². The van der Waals surface area contributed by atoms with Crippen LogP contribution in [0.5, 0.6) is 0 Å². The van der Waals surface area contributed by atoms with Gasteiger partial charge < -0.3 is 0 Å². The zero-order valence-corrected chi connectivity index (χ0v) is 4.67. The third kappa shape index (κ3) is 0.959. The second-order valence-electron chi connectivity index (χ2n) is 1.07. The zero-order chi connectivity index (χ0) is 5.82. The van der Waals surface area contributed by atoms with Crippen molar-refractivity contribution in [2.75, 3.05) is 0 Å². The molecule has 0 fully saturated rings. The molecule has 4 nitrogen and oxygen atoms in total. The van der Waals surface area contributed by atoms with Crippen LogP contribution in [-0.2, 0) is 0 Å². The van der Waals surface area contributed by atoms with Crippen LogP contribution in [0.25, 0.3) is 10.4 Å². The van der Waals surface area contributed by atoms with E-state index in [-0.39, 0.29) is 0 Å². The van der Waals surface area contributed by atoms with Crippen LogP contribution in [0.2, 0.25) is 0 Å². The van der Waals surface area contributed by atoms with Crippen molar-refractivity contribution in [3.8, 4) is 0 Å².